The fourth-order valence-electron chi connectivity index (χ4n) is 2.80. The van der Waals surface area contributed by atoms with Gasteiger partial charge in [-0.15, -0.1) is 0 Å². The van der Waals surface area contributed by atoms with E-state index in [9.17, 15) is 4.79 Å². The SMILES string of the molecule is CCC1CCC(C(=O)Cc2cnn(C)c2)CC1. The van der Waals surface area contributed by atoms with E-state index >= 15 is 0 Å². The highest BCUT2D eigenvalue weighted by atomic mass is 16.1. The molecule has 17 heavy (non-hydrogen) atoms. The first kappa shape index (κ1) is 12.3. The molecule has 0 radical (unpaired) electrons. The zero-order valence-corrected chi connectivity index (χ0v) is 10.9. The lowest BCUT2D eigenvalue weighted by Crippen LogP contribution is -2.22. The van der Waals surface area contributed by atoms with E-state index in [2.05, 4.69) is 12.0 Å². The van der Waals surface area contributed by atoms with Crippen molar-refractivity contribution in [3.8, 4) is 0 Å². The quantitative estimate of drug-likeness (QED) is 0.803. The van der Waals surface area contributed by atoms with E-state index in [1.54, 1.807) is 10.9 Å². The predicted molar refractivity (Wildman–Crippen MR) is 67.7 cm³/mol. The predicted octanol–water partition coefficient (Wildman–Crippen LogP) is 2.75. The van der Waals surface area contributed by atoms with Gasteiger partial charge in [0.15, 0.2) is 0 Å². The molecule has 94 valence electrons. The van der Waals surface area contributed by atoms with Crippen LogP contribution in [0.4, 0.5) is 0 Å². The molecule has 0 saturated heterocycles. The summed E-state index contributed by atoms with van der Waals surface area (Å²) in [7, 11) is 1.89. The second-order valence-corrected chi connectivity index (χ2v) is 5.29. The number of aromatic nitrogens is 2. The zero-order valence-electron chi connectivity index (χ0n) is 10.9. The molecule has 1 saturated carbocycles. The van der Waals surface area contributed by atoms with Crippen LogP contribution in [0.3, 0.4) is 0 Å². The van der Waals surface area contributed by atoms with E-state index in [4.69, 9.17) is 0 Å². The molecule has 0 amide bonds. The average molecular weight is 234 g/mol. The molecule has 1 aliphatic carbocycles. The van der Waals surface area contributed by atoms with Crippen molar-refractivity contribution in [3.05, 3.63) is 18.0 Å². The maximum absolute atomic E-state index is 12.1. The second-order valence-electron chi connectivity index (χ2n) is 5.29. The zero-order chi connectivity index (χ0) is 12.3. The summed E-state index contributed by atoms with van der Waals surface area (Å²) in [6.07, 6.45) is 10.2. The van der Waals surface area contributed by atoms with Gasteiger partial charge in [-0.3, -0.25) is 9.48 Å². The molecule has 0 atom stereocenters. The Morgan fingerprint density at radius 1 is 1.41 bits per heavy atom. The standard InChI is InChI=1S/C14H22N2O/c1-3-11-4-6-13(7-5-11)14(17)8-12-9-15-16(2)10-12/h9-11,13H,3-8H2,1-2H3. The molecule has 0 bridgehead atoms. The summed E-state index contributed by atoms with van der Waals surface area (Å²) in [5.74, 6) is 1.57. The number of ketones is 1. The van der Waals surface area contributed by atoms with E-state index in [1.807, 2.05) is 13.2 Å². The number of nitrogens with zero attached hydrogens (tertiary/aromatic N) is 2. The van der Waals surface area contributed by atoms with E-state index in [1.165, 1.54) is 19.3 Å². The van der Waals surface area contributed by atoms with Crippen LogP contribution in [0, 0.1) is 11.8 Å². The van der Waals surface area contributed by atoms with Crippen molar-refractivity contribution in [2.24, 2.45) is 18.9 Å². The first-order valence-electron chi connectivity index (χ1n) is 6.69. The van der Waals surface area contributed by atoms with Crippen molar-refractivity contribution in [1.82, 2.24) is 9.78 Å². The molecule has 2 rings (SSSR count). The Kier molecular flexibility index (Phi) is 3.97. The Hall–Kier alpha value is -1.12. The van der Waals surface area contributed by atoms with Gasteiger partial charge in [0.2, 0.25) is 0 Å². The van der Waals surface area contributed by atoms with Crippen LogP contribution < -0.4 is 0 Å². The Balaban J connectivity index is 1.85. The third-order valence-electron chi connectivity index (χ3n) is 4.02. The number of Topliss-reactive ketones (excluding diaryl/α,β-unsaturated/α-hetero) is 1. The van der Waals surface area contributed by atoms with Crippen LogP contribution in [-0.2, 0) is 18.3 Å². The summed E-state index contributed by atoms with van der Waals surface area (Å²) in [4.78, 5) is 12.1. The lowest BCUT2D eigenvalue weighted by atomic mass is 9.78. The van der Waals surface area contributed by atoms with Gasteiger partial charge in [0.05, 0.1) is 6.20 Å². The maximum atomic E-state index is 12.1. The Bertz CT molecular complexity index is 375. The monoisotopic (exact) mass is 234 g/mol. The highest BCUT2D eigenvalue weighted by molar-refractivity contribution is 5.83. The summed E-state index contributed by atoms with van der Waals surface area (Å²) in [5, 5.41) is 4.10. The second kappa shape index (κ2) is 5.48. The molecule has 1 aromatic rings. The number of rotatable bonds is 4. The molecule has 3 heteroatoms. The Morgan fingerprint density at radius 3 is 2.65 bits per heavy atom. The molecule has 1 fully saturated rings. The van der Waals surface area contributed by atoms with E-state index in [-0.39, 0.29) is 0 Å². The summed E-state index contributed by atoms with van der Waals surface area (Å²) in [5.41, 5.74) is 1.05. The van der Waals surface area contributed by atoms with Crippen molar-refractivity contribution >= 4 is 5.78 Å². The van der Waals surface area contributed by atoms with Crippen LogP contribution >= 0.6 is 0 Å². The highest BCUT2D eigenvalue weighted by Gasteiger charge is 2.25. The van der Waals surface area contributed by atoms with Crippen LogP contribution in [-0.4, -0.2) is 15.6 Å². The summed E-state index contributed by atoms with van der Waals surface area (Å²) < 4.78 is 1.76. The number of aryl methyl sites for hydroxylation is 1. The lowest BCUT2D eigenvalue weighted by Gasteiger charge is -2.26. The van der Waals surface area contributed by atoms with Gasteiger partial charge in [-0.25, -0.2) is 0 Å². The van der Waals surface area contributed by atoms with Gasteiger partial charge in [0.1, 0.15) is 5.78 Å². The highest BCUT2D eigenvalue weighted by Crippen LogP contribution is 2.31. The van der Waals surface area contributed by atoms with Crippen molar-refractivity contribution in [3.63, 3.8) is 0 Å². The first-order chi connectivity index (χ1) is 8.19. The van der Waals surface area contributed by atoms with Crippen LogP contribution in [0.15, 0.2) is 12.4 Å². The number of hydrogen-bond donors (Lipinski definition) is 0. The molecule has 1 aromatic heterocycles. The normalized spacial score (nSPS) is 24.8. The minimum absolute atomic E-state index is 0.304. The van der Waals surface area contributed by atoms with Crippen molar-refractivity contribution in [1.29, 1.82) is 0 Å². The molecule has 0 spiro atoms. The van der Waals surface area contributed by atoms with Gasteiger partial charge in [0.25, 0.3) is 0 Å². The van der Waals surface area contributed by atoms with Crippen LogP contribution in [0.5, 0.6) is 0 Å². The van der Waals surface area contributed by atoms with E-state index in [0.29, 0.717) is 18.1 Å². The van der Waals surface area contributed by atoms with Crippen LogP contribution in [0.25, 0.3) is 0 Å². The topological polar surface area (TPSA) is 34.9 Å². The van der Waals surface area contributed by atoms with Gasteiger partial charge >= 0.3 is 0 Å². The molecule has 0 aliphatic heterocycles. The van der Waals surface area contributed by atoms with Crippen molar-refractivity contribution in [2.45, 2.75) is 45.4 Å². The molecule has 1 aliphatic rings. The molecule has 0 unspecified atom stereocenters. The third-order valence-corrected chi connectivity index (χ3v) is 4.02. The van der Waals surface area contributed by atoms with Crippen LogP contribution in [0.1, 0.15) is 44.6 Å². The van der Waals surface area contributed by atoms with E-state index in [0.717, 1.165) is 24.3 Å². The molecular formula is C14H22N2O. The van der Waals surface area contributed by atoms with E-state index < -0.39 is 0 Å². The Morgan fingerprint density at radius 2 is 2.12 bits per heavy atom. The van der Waals surface area contributed by atoms with Crippen molar-refractivity contribution in [2.75, 3.05) is 0 Å². The minimum Gasteiger partial charge on any atom is -0.299 e. The third kappa shape index (κ3) is 3.18. The van der Waals surface area contributed by atoms with Crippen LogP contribution in [0.2, 0.25) is 0 Å². The van der Waals surface area contributed by atoms with Gasteiger partial charge in [0, 0.05) is 25.6 Å². The minimum atomic E-state index is 0.304. The molecular weight excluding hydrogens is 212 g/mol. The number of carbonyl (C=O) groups excluding carboxylic acids is 1. The number of carbonyl (C=O) groups is 1. The first-order valence-corrected chi connectivity index (χ1v) is 6.69. The fourth-order valence-corrected chi connectivity index (χ4v) is 2.80. The lowest BCUT2D eigenvalue weighted by molar-refractivity contribution is -0.123. The molecule has 0 aromatic carbocycles. The largest absolute Gasteiger partial charge is 0.299 e. The Labute approximate surface area is 103 Å². The summed E-state index contributed by atoms with van der Waals surface area (Å²) in [6, 6.07) is 0. The number of hydrogen-bond acceptors (Lipinski definition) is 2. The maximum Gasteiger partial charge on any atom is 0.140 e. The summed E-state index contributed by atoms with van der Waals surface area (Å²) >= 11 is 0. The van der Waals surface area contributed by atoms with Crippen molar-refractivity contribution < 1.29 is 4.79 Å². The smallest absolute Gasteiger partial charge is 0.140 e. The van der Waals surface area contributed by atoms with Gasteiger partial charge < -0.3 is 0 Å². The fraction of sp³-hybridized carbons (Fsp3) is 0.714. The van der Waals surface area contributed by atoms with Gasteiger partial charge in [-0.2, -0.15) is 5.10 Å². The average Bonchev–Trinajstić information content (AvgIpc) is 2.75. The van der Waals surface area contributed by atoms with Gasteiger partial charge in [-0.05, 0) is 37.2 Å². The molecule has 0 N–H and O–H groups in total. The van der Waals surface area contributed by atoms with Gasteiger partial charge in [-0.1, -0.05) is 13.3 Å². The molecule has 1 heterocycles. The molecule has 3 nitrogen and oxygen atoms in total. The summed E-state index contributed by atoms with van der Waals surface area (Å²) in [6.45, 7) is 2.25.